The molecule has 0 spiro atoms. The number of phenolic OH excluding ortho intramolecular Hbond substituents is 1. The van der Waals surface area contributed by atoms with Crippen LogP contribution >= 0.6 is 11.8 Å². The highest BCUT2D eigenvalue weighted by atomic mass is 32.2. The highest BCUT2D eigenvalue weighted by Crippen LogP contribution is 2.58. The summed E-state index contributed by atoms with van der Waals surface area (Å²) in [6, 6.07) is 4.62. The molecule has 1 aromatic rings. The zero-order chi connectivity index (χ0) is 27.4. The van der Waals surface area contributed by atoms with Crippen molar-refractivity contribution < 1.29 is 44.3 Å². The van der Waals surface area contributed by atoms with E-state index in [2.05, 4.69) is 0 Å². The van der Waals surface area contributed by atoms with Gasteiger partial charge in [-0.15, -0.1) is 0 Å². The number of hydrogen-bond acceptors (Lipinski definition) is 10. The van der Waals surface area contributed by atoms with Crippen molar-refractivity contribution in [3.63, 3.8) is 0 Å². The standard InChI is InChI=1S/C26H31NO9S/c1-4-10-19-22(36-14(29)5-2)16-12(9-37-3)11-7-6-8-13(28)15(11)21(31)17(16)23(32)26(19,35)24(33)18(20(10)30)25(27)34/h6-8,10,12,16,18-20,22,28,30-31,35H,4-5,9H2,1-3H3,(H2,27,34)/t10-,12-,16?,18?,19?,20?,22?,26-/m0/s1. The fraction of sp³-hybridized carbons (Fsp3) is 0.538. The SMILES string of the molecule is CCC(=O)OC1C2C(=C(O)c3c(O)cccc3[C@@H]2CSC)C(=O)[C@]2(O)C(=O)C(C(N)=O)C(O)[C@@H](CC)C12. The summed E-state index contributed by atoms with van der Waals surface area (Å²) in [5.74, 6) is -10.7. The highest BCUT2D eigenvalue weighted by Gasteiger charge is 2.71. The second kappa shape index (κ2) is 9.77. The van der Waals surface area contributed by atoms with E-state index in [0.29, 0.717) is 11.3 Å². The predicted octanol–water partition coefficient (Wildman–Crippen LogP) is 1.06. The Labute approximate surface area is 217 Å². The Morgan fingerprint density at radius 3 is 2.43 bits per heavy atom. The Bertz CT molecular complexity index is 1200. The minimum atomic E-state index is -2.90. The van der Waals surface area contributed by atoms with Gasteiger partial charge in [-0.05, 0) is 23.8 Å². The highest BCUT2D eigenvalue weighted by molar-refractivity contribution is 7.98. The largest absolute Gasteiger partial charge is 0.507 e. The Kier molecular flexibility index (Phi) is 7.17. The Morgan fingerprint density at radius 1 is 1.19 bits per heavy atom. The van der Waals surface area contributed by atoms with Crippen LogP contribution in [-0.2, 0) is 23.9 Å². The van der Waals surface area contributed by atoms with Crippen LogP contribution in [0.3, 0.4) is 0 Å². The van der Waals surface area contributed by atoms with Gasteiger partial charge in [0.05, 0.1) is 11.7 Å². The predicted molar refractivity (Wildman–Crippen MR) is 133 cm³/mol. The van der Waals surface area contributed by atoms with Crippen molar-refractivity contribution in [3.8, 4) is 5.75 Å². The van der Waals surface area contributed by atoms with Gasteiger partial charge < -0.3 is 30.9 Å². The van der Waals surface area contributed by atoms with Crippen LogP contribution in [0.4, 0.5) is 0 Å². The van der Waals surface area contributed by atoms with Crippen LogP contribution in [0.1, 0.15) is 43.7 Å². The van der Waals surface area contributed by atoms with Gasteiger partial charge in [-0.2, -0.15) is 11.8 Å². The molecule has 0 aromatic heterocycles. The van der Waals surface area contributed by atoms with Crippen molar-refractivity contribution >= 4 is 41.0 Å². The fourth-order valence-corrected chi connectivity index (χ4v) is 7.26. The first-order valence-corrected chi connectivity index (χ1v) is 13.6. The molecule has 37 heavy (non-hydrogen) atoms. The molecule has 0 saturated heterocycles. The van der Waals surface area contributed by atoms with Crippen molar-refractivity contribution in [2.45, 2.75) is 50.4 Å². The number of benzene rings is 1. The molecule has 200 valence electrons. The lowest BCUT2D eigenvalue weighted by Crippen LogP contribution is -2.73. The monoisotopic (exact) mass is 533 g/mol. The van der Waals surface area contributed by atoms with Crippen LogP contribution in [0.5, 0.6) is 5.75 Å². The number of aromatic hydroxyl groups is 1. The normalized spacial score (nSPS) is 34.9. The van der Waals surface area contributed by atoms with Gasteiger partial charge in [-0.3, -0.25) is 19.2 Å². The smallest absolute Gasteiger partial charge is 0.305 e. The first-order chi connectivity index (χ1) is 17.5. The minimum absolute atomic E-state index is 0.00875. The maximum Gasteiger partial charge on any atom is 0.305 e. The van der Waals surface area contributed by atoms with Gasteiger partial charge in [0.2, 0.25) is 11.7 Å². The third-order valence-corrected chi connectivity index (χ3v) is 8.79. The van der Waals surface area contributed by atoms with E-state index in [4.69, 9.17) is 10.5 Å². The number of esters is 1. The average Bonchev–Trinajstić information content (AvgIpc) is 2.85. The maximum absolute atomic E-state index is 14.1. The van der Waals surface area contributed by atoms with Crippen molar-refractivity contribution in [1.29, 1.82) is 0 Å². The second-order valence-electron chi connectivity index (χ2n) is 9.83. The number of rotatable bonds is 6. The number of amides is 1. The molecule has 5 unspecified atom stereocenters. The van der Waals surface area contributed by atoms with Crippen LogP contribution < -0.4 is 5.73 Å². The lowest BCUT2D eigenvalue weighted by Gasteiger charge is -2.56. The molecule has 10 nitrogen and oxygen atoms in total. The molecule has 1 aromatic carbocycles. The summed E-state index contributed by atoms with van der Waals surface area (Å²) >= 11 is 1.43. The quantitative estimate of drug-likeness (QED) is 0.262. The van der Waals surface area contributed by atoms with Crippen LogP contribution in [0, 0.1) is 23.7 Å². The summed E-state index contributed by atoms with van der Waals surface area (Å²) < 4.78 is 5.84. The Morgan fingerprint density at radius 2 is 1.86 bits per heavy atom. The zero-order valence-corrected chi connectivity index (χ0v) is 21.5. The number of fused-ring (bicyclic) bond motifs is 3. The molecular formula is C26H31NO9S. The molecule has 0 radical (unpaired) electrons. The number of thioether (sulfide) groups is 1. The molecule has 2 fully saturated rings. The van der Waals surface area contributed by atoms with Gasteiger partial charge in [0.1, 0.15) is 23.5 Å². The van der Waals surface area contributed by atoms with E-state index in [1.807, 2.05) is 6.26 Å². The van der Waals surface area contributed by atoms with Crippen LogP contribution in [0.25, 0.3) is 5.76 Å². The molecule has 8 atom stereocenters. The Balaban J connectivity index is 2.07. The molecule has 0 heterocycles. The van der Waals surface area contributed by atoms with E-state index < -0.39 is 76.6 Å². The number of nitrogens with two attached hydrogens (primary N) is 1. The number of carbonyl (C=O) groups is 4. The van der Waals surface area contributed by atoms with E-state index >= 15 is 0 Å². The van der Waals surface area contributed by atoms with Gasteiger partial charge in [-0.25, -0.2) is 0 Å². The molecule has 0 bridgehead atoms. The summed E-state index contributed by atoms with van der Waals surface area (Å²) in [6.45, 7) is 3.22. The van der Waals surface area contributed by atoms with Crippen LogP contribution in [0.2, 0.25) is 0 Å². The van der Waals surface area contributed by atoms with E-state index in [0.717, 1.165) is 0 Å². The van der Waals surface area contributed by atoms with E-state index in [9.17, 15) is 39.6 Å². The number of aliphatic hydroxyl groups excluding tert-OH is 2. The van der Waals surface area contributed by atoms with E-state index in [1.165, 1.54) is 17.8 Å². The third-order valence-electron chi connectivity index (χ3n) is 8.09. The molecule has 3 aliphatic carbocycles. The number of phenols is 1. The molecule has 0 aliphatic heterocycles. The molecule has 11 heteroatoms. The van der Waals surface area contributed by atoms with Gasteiger partial charge in [0, 0.05) is 35.5 Å². The minimum Gasteiger partial charge on any atom is -0.507 e. The summed E-state index contributed by atoms with van der Waals surface area (Å²) in [5, 5.41) is 44.9. The number of primary amides is 1. The molecular weight excluding hydrogens is 502 g/mol. The van der Waals surface area contributed by atoms with E-state index in [-0.39, 0.29) is 29.7 Å². The average molecular weight is 534 g/mol. The van der Waals surface area contributed by atoms with E-state index in [1.54, 1.807) is 26.0 Å². The summed E-state index contributed by atoms with van der Waals surface area (Å²) in [7, 11) is 0. The Hall–Kier alpha value is -2.89. The number of ether oxygens (including phenoxy) is 1. The van der Waals surface area contributed by atoms with Crippen molar-refractivity contribution in [1.82, 2.24) is 0 Å². The number of ketones is 2. The molecule has 2 saturated carbocycles. The first-order valence-electron chi connectivity index (χ1n) is 12.2. The lowest BCUT2D eigenvalue weighted by molar-refractivity contribution is -0.206. The number of hydrogen-bond donors (Lipinski definition) is 5. The molecule has 6 N–H and O–H groups in total. The topological polar surface area (TPSA) is 184 Å². The van der Waals surface area contributed by atoms with Gasteiger partial charge >= 0.3 is 5.97 Å². The first kappa shape index (κ1) is 27.2. The summed E-state index contributed by atoms with van der Waals surface area (Å²) in [5.41, 5.74) is 2.66. The van der Waals surface area contributed by atoms with Crippen molar-refractivity contribution in [2.24, 2.45) is 29.4 Å². The van der Waals surface area contributed by atoms with Gasteiger partial charge in [0.15, 0.2) is 11.4 Å². The van der Waals surface area contributed by atoms with Crippen molar-refractivity contribution in [2.75, 3.05) is 12.0 Å². The maximum atomic E-state index is 14.1. The molecule has 3 aliphatic rings. The third kappa shape index (κ3) is 3.78. The summed E-state index contributed by atoms with van der Waals surface area (Å²) in [6.07, 6.45) is -1.02. The zero-order valence-electron chi connectivity index (χ0n) is 20.7. The lowest BCUT2D eigenvalue weighted by atomic mass is 9.50. The van der Waals surface area contributed by atoms with Crippen LogP contribution in [0.15, 0.2) is 23.8 Å². The number of carbonyl (C=O) groups excluding carboxylic acids is 4. The second-order valence-corrected chi connectivity index (χ2v) is 10.7. The molecule has 1 amide bonds. The van der Waals surface area contributed by atoms with Gasteiger partial charge in [0.25, 0.3) is 0 Å². The van der Waals surface area contributed by atoms with Crippen LogP contribution in [-0.4, -0.2) is 73.7 Å². The number of aliphatic hydroxyl groups is 3. The molecule has 4 rings (SSSR count). The number of Topliss-reactive ketones (excluding diaryl/α,β-unsaturated/α-hetero) is 2. The fourth-order valence-electron chi connectivity index (χ4n) is 6.51. The van der Waals surface area contributed by atoms with Gasteiger partial charge in [-0.1, -0.05) is 32.4 Å². The van der Waals surface area contributed by atoms with Crippen molar-refractivity contribution in [3.05, 3.63) is 34.9 Å². The summed E-state index contributed by atoms with van der Waals surface area (Å²) in [4.78, 5) is 52.5.